The van der Waals surface area contributed by atoms with Crippen molar-refractivity contribution in [2.75, 3.05) is 31.2 Å². The summed E-state index contributed by atoms with van der Waals surface area (Å²) in [6, 6.07) is 15.8. The number of hydrogen-bond acceptors (Lipinski definition) is 6. The molecule has 3 heterocycles. The molecule has 1 aromatic heterocycles. The number of ketones is 1. The van der Waals surface area contributed by atoms with Gasteiger partial charge in [0, 0.05) is 18.7 Å². The highest BCUT2D eigenvalue weighted by Crippen LogP contribution is 2.34. The van der Waals surface area contributed by atoms with E-state index in [9.17, 15) is 14.4 Å². The molecule has 5 rings (SSSR count). The smallest absolute Gasteiger partial charge is 0.289 e. The molecule has 8 heteroatoms. The Bertz CT molecular complexity index is 1270. The first kappa shape index (κ1) is 22.7. The second-order valence-electron chi connectivity index (χ2n) is 8.69. The zero-order chi connectivity index (χ0) is 24.4. The number of amides is 2. The maximum atomic E-state index is 12.8. The Morgan fingerprint density at radius 1 is 1.03 bits per heavy atom. The van der Waals surface area contributed by atoms with E-state index < -0.39 is 0 Å². The quantitative estimate of drug-likeness (QED) is 0.481. The molecule has 0 aliphatic carbocycles. The van der Waals surface area contributed by atoms with Crippen molar-refractivity contribution in [1.29, 1.82) is 0 Å². The third-order valence-electron chi connectivity index (χ3n) is 6.26. The number of nitrogens with zero attached hydrogens (tertiary/aromatic N) is 2. The SMILES string of the molecule is Cc1ccccc1OCC(=O)c1ccc2c(c1)N(Cc1ccc(C(=O)N3CCCC3)o1)C(=O)CO2. The average molecular weight is 475 g/mol. The summed E-state index contributed by atoms with van der Waals surface area (Å²) in [6.07, 6.45) is 1.99. The van der Waals surface area contributed by atoms with E-state index in [0.29, 0.717) is 28.5 Å². The average Bonchev–Trinajstić information content (AvgIpc) is 3.57. The highest BCUT2D eigenvalue weighted by Gasteiger charge is 2.29. The monoisotopic (exact) mass is 474 g/mol. The molecule has 0 N–H and O–H groups in total. The molecule has 0 saturated carbocycles. The number of hydrogen-bond donors (Lipinski definition) is 0. The normalized spacial score (nSPS) is 15.1. The third-order valence-corrected chi connectivity index (χ3v) is 6.26. The van der Waals surface area contributed by atoms with Crippen LogP contribution in [0.2, 0.25) is 0 Å². The van der Waals surface area contributed by atoms with Crippen LogP contribution < -0.4 is 14.4 Å². The summed E-state index contributed by atoms with van der Waals surface area (Å²) in [5.74, 6) is 1.28. The van der Waals surface area contributed by atoms with Gasteiger partial charge in [-0.3, -0.25) is 19.3 Å². The van der Waals surface area contributed by atoms with Crippen molar-refractivity contribution < 1.29 is 28.3 Å². The summed E-state index contributed by atoms with van der Waals surface area (Å²) >= 11 is 0. The molecule has 0 radical (unpaired) electrons. The predicted molar refractivity (Wildman–Crippen MR) is 128 cm³/mol. The number of rotatable bonds is 7. The van der Waals surface area contributed by atoms with Gasteiger partial charge in [-0.25, -0.2) is 0 Å². The van der Waals surface area contributed by atoms with Gasteiger partial charge < -0.3 is 18.8 Å². The van der Waals surface area contributed by atoms with Crippen LogP contribution >= 0.6 is 0 Å². The Labute approximate surface area is 203 Å². The van der Waals surface area contributed by atoms with E-state index in [0.717, 1.165) is 31.5 Å². The number of carbonyl (C=O) groups is 3. The molecule has 35 heavy (non-hydrogen) atoms. The minimum absolute atomic E-state index is 0.114. The van der Waals surface area contributed by atoms with Crippen LogP contribution in [0.3, 0.4) is 0 Å². The highest BCUT2D eigenvalue weighted by atomic mass is 16.5. The summed E-state index contributed by atoms with van der Waals surface area (Å²) in [5, 5.41) is 0. The second kappa shape index (κ2) is 9.66. The maximum Gasteiger partial charge on any atom is 0.289 e. The number of furan rings is 1. The van der Waals surface area contributed by atoms with Gasteiger partial charge in [-0.2, -0.15) is 0 Å². The van der Waals surface area contributed by atoms with E-state index in [1.54, 1.807) is 35.2 Å². The summed E-state index contributed by atoms with van der Waals surface area (Å²) < 4.78 is 17.1. The van der Waals surface area contributed by atoms with E-state index in [1.165, 1.54) is 4.90 Å². The van der Waals surface area contributed by atoms with E-state index in [2.05, 4.69) is 0 Å². The van der Waals surface area contributed by atoms with E-state index in [-0.39, 0.29) is 43.1 Å². The zero-order valence-corrected chi connectivity index (χ0v) is 19.5. The molecule has 0 atom stereocenters. The fraction of sp³-hybridized carbons (Fsp3) is 0.296. The number of benzene rings is 2. The number of para-hydroxylation sites is 1. The molecule has 3 aromatic rings. The fourth-order valence-corrected chi connectivity index (χ4v) is 4.30. The van der Waals surface area contributed by atoms with Crippen LogP contribution in [0.25, 0.3) is 0 Å². The summed E-state index contributed by atoms with van der Waals surface area (Å²) in [5.41, 5.74) is 1.83. The van der Waals surface area contributed by atoms with Gasteiger partial charge in [0.25, 0.3) is 11.8 Å². The summed E-state index contributed by atoms with van der Waals surface area (Å²) in [7, 11) is 0. The molecular formula is C27H26N2O6. The third kappa shape index (κ3) is 4.77. The number of Topliss-reactive ketones (excluding diaryl/α,β-unsaturated/α-hetero) is 1. The molecule has 0 unspecified atom stereocenters. The van der Waals surface area contributed by atoms with Gasteiger partial charge in [0.05, 0.1) is 12.2 Å². The molecular weight excluding hydrogens is 448 g/mol. The van der Waals surface area contributed by atoms with Crippen LogP contribution in [0.1, 0.15) is 45.1 Å². The van der Waals surface area contributed by atoms with Gasteiger partial charge in [-0.15, -0.1) is 0 Å². The minimum atomic E-state index is -0.262. The number of likely N-dealkylation sites (tertiary alicyclic amines) is 1. The molecule has 0 bridgehead atoms. The van der Waals surface area contributed by atoms with Crippen LogP contribution in [0.4, 0.5) is 5.69 Å². The first-order valence-electron chi connectivity index (χ1n) is 11.7. The molecule has 1 saturated heterocycles. The van der Waals surface area contributed by atoms with Gasteiger partial charge in [0.15, 0.2) is 24.8 Å². The molecule has 2 aromatic carbocycles. The lowest BCUT2D eigenvalue weighted by Crippen LogP contribution is -2.38. The van der Waals surface area contributed by atoms with Crippen molar-refractivity contribution in [2.45, 2.75) is 26.3 Å². The topological polar surface area (TPSA) is 89.3 Å². The van der Waals surface area contributed by atoms with Crippen molar-refractivity contribution in [3.05, 3.63) is 77.2 Å². The molecule has 180 valence electrons. The Balaban J connectivity index is 1.32. The van der Waals surface area contributed by atoms with Crippen LogP contribution in [-0.2, 0) is 11.3 Å². The van der Waals surface area contributed by atoms with E-state index in [4.69, 9.17) is 13.9 Å². The van der Waals surface area contributed by atoms with Crippen LogP contribution in [0, 0.1) is 6.92 Å². The molecule has 8 nitrogen and oxygen atoms in total. The molecule has 2 amide bonds. The number of ether oxygens (including phenoxy) is 2. The number of fused-ring (bicyclic) bond motifs is 1. The minimum Gasteiger partial charge on any atom is -0.485 e. The van der Waals surface area contributed by atoms with Crippen molar-refractivity contribution >= 4 is 23.3 Å². The van der Waals surface area contributed by atoms with Crippen molar-refractivity contribution in [3.63, 3.8) is 0 Å². The van der Waals surface area contributed by atoms with E-state index in [1.807, 2.05) is 31.2 Å². The Kier molecular flexibility index (Phi) is 6.27. The van der Waals surface area contributed by atoms with Crippen LogP contribution in [0.15, 0.2) is 59.0 Å². The summed E-state index contributed by atoms with van der Waals surface area (Å²) in [4.78, 5) is 41.4. The Morgan fingerprint density at radius 3 is 2.63 bits per heavy atom. The largest absolute Gasteiger partial charge is 0.485 e. The molecule has 0 spiro atoms. The maximum absolute atomic E-state index is 12.8. The molecule has 2 aliphatic rings. The lowest BCUT2D eigenvalue weighted by Gasteiger charge is -2.29. The standard InChI is InChI=1S/C27H26N2O6/c1-18-6-2-3-7-23(18)33-16-22(30)19-8-10-24-21(14-19)29(26(31)17-34-24)15-20-9-11-25(35-20)27(32)28-12-4-5-13-28/h2-3,6-11,14H,4-5,12-13,15-17H2,1H3. The summed E-state index contributed by atoms with van der Waals surface area (Å²) in [6.45, 7) is 3.26. The highest BCUT2D eigenvalue weighted by molar-refractivity contribution is 6.02. The van der Waals surface area contributed by atoms with Gasteiger partial charge in [0.2, 0.25) is 0 Å². The lowest BCUT2D eigenvalue weighted by atomic mass is 10.1. The van der Waals surface area contributed by atoms with E-state index >= 15 is 0 Å². The van der Waals surface area contributed by atoms with Gasteiger partial charge >= 0.3 is 0 Å². The fourth-order valence-electron chi connectivity index (χ4n) is 4.30. The Morgan fingerprint density at radius 2 is 1.83 bits per heavy atom. The molecule has 1 fully saturated rings. The number of carbonyl (C=O) groups excluding carboxylic acids is 3. The van der Waals surface area contributed by atoms with Gasteiger partial charge in [-0.05, 0) is 61.7 Å². The predicted octanol–water partition coefficient (Wildman–Crippen LogP) is 4.01. The lowest BCUT2D eigenvalue weighted by molar-refractivity contribution is -0.121. The first-order chi connectivity index (χ1) is 17.0. The van der Waals surface area contributed by atoms with Crippen molar-refractivity contribution in [2.24, 2.45) is 0 Å². The number of aryl methyl sites for hydroxylation is 1. The van der Waals surface area contributed by atoms with Crippen LogP contribution in [-0.4, -0.2) is 48.8 Å². The zero-order valence-electron chi connectivity index (χ0n) is 19.5. The van der Waals surface area contributed by atoms with Gasteiger partial charge in [0.1, 0.15) is 17.3 Å². The second-order valence-corrected chi connectivity index (χ2v) is 8.69. The number of anilines is 1. The van der Waals surface area contributed by atoms with Gasteiger partial charge in [-0.1, -0.05) is 18.2 Å². The first-order valence-corrected chi connectivity index (χ1v) is 11.7. The van der Waals surface area contributed by atoms with Crippen molar-refractivity contribution in [1.82, 2.24) is 4.90 Å². The molecule has 2 aliphatic heterocycles. The Hall–Kier alpha value is -4.07. The van der Waals surface area contributed by atoms with Crippen molar-refractivity contribution in [3.8, 4) is 11.5 Å². The van der Waals surface area contributed by atoms with Crippen LogP contribution in [0.5, 0.6) is 11.5 Å².